The maximum Gasteiger partial charge on any atom is 0.170 e. The van der Waals surface area contributed by atoms with Crippen molar-refractivity contribution in [1.29, 1.82) is 0 Å². The molecule has 0 atom stereocenters. The molecule has 0 aliphatic carbocycles. The van der Waals surface area contributed by atoms with E-state index < -0.39 is 0 Å². The van der Waals surface area contributed by atoms with Crippen LogP contribution in [0.25, 0.3) is 5.69 Å². The highest BCUT2D eigenvalue weighted by molar-refractivity contribution is 5.72. The van der Waals surface area contributed by atoms with Crippen molar-refractivity contribution < 1.29 is 9.90 Å². The van der Waals surface area contributed by atoms with Gasteiger partial charge >= 0.3 is 0 Å². The summed E-state index contributed by atoms with van der Waals surface area (Å²) in [6.07, 6.45) is 0.712. The van der Waals surface area contributed by atoms with Gasteiger partial charge in [0.25, 0.3) is 0 Å². The van der Waals surface area contributed by atoms with E-state index in [0.29, 0.717) is 12.0 Å². The van der Waals surface area contributed by atoms with Crippen LogP contribution in [0.3, 0.4) is 0 Å². The Hall–Kier alpha value is -2.10. The topological polar surface area (TPSA) is 55.1 Å². The fourth-order valence-corrected chi connectivity index (χ4v) is 1.41. The Morgan fingerprint density at radius 1 is 1.33 bits per heavy atom. The number of aldehydes is 1. The van der Waals surface area contributed by atoms with Gasteiger partial charge in [0.05, 0.1) is 5.69 Å². The van der Waals surface area contributed by atoms with E-state index in [2.05, 4.69) is 5.10 Å². The summed E-state index contributed by atoms with van der Waals surface area (Å²) < 4.78 is 1.66. The molecule has 0 fully saturated rings. The number of carbonyl (C=O) groups excluding carboxylic acids is 1. The second-order valence-corrected chi connectivity index (χ2v) is 3.26. The lowest BCUT2D eigenvalue weighted by molar-refractivity contribution is 0.111. The third-order valence-electron chi connectivity index (χ3n) is 2.12. The molecular weight excluding hydrogens is 192 g/mol. The molecule has 1 aromatic carbocycles. The van der Waals surface area contributed by atoms with Gasteiger partial charge < -0.3 is 5.11 Å². The Bertz CT molecular complexity index is 486. The predicted octanol–water partition coefficient (Wildman–Crippen LogP) is 1.70. The van der Waals surface area contributed by atoms with Crippen molar-refractivity contribution in [3.63, 3.8) is 0 Å². The summed E-state index contributed by atoms with van der Waals surface area (Å²) in [5.41, 5.74) is 2.10. The first-order valence-corrected chi connectivity index (χ1v) is 4.52. The molecule has 15 heavy (non-hydrogen) atoms. The maximum absolute atomic E-state index is 10.5. The van der Waals surface area contributed by atoms with Crippen LogP contribution >= 0.6 is 0 Å². The molecule has 0 radical (unpaired) electrons. The van der Waals surface area contributed by atoms with Crippen molar-refractivity contribution in [2.45, 2.75) is 6.92 Å². The normalized spacial score (nSPS) is 10.2. The third-order valence-corrected chi connectivity index (χ3v) is 2.12. The molecule has 0 saturated carbocycles. The first-order chi connectivity index (χ1) is 7.20. The van der Waals surface area contributed by atoms with Gasteiger partial charge in [-0.05, 0) is 37.3 Å². The first-order valence-electron chi connectivity index (χ1n) is 4.52. The van der Waals surface area contributed by atoms with Gasteiger partial charge in [0, 0.05) is 5.69 Å². The van der Waals surface area contributed by atoms with Gasteiger partial charge in [-0.3, -0.25) is 4.79 Å². The minimum Gasteiger partial charge on any atom is -0.508 e. The summed E-state index contributed by atoms with van der Waals surface area (Å²) in [5, 5.41) is 13.2. The monoisotopic (exact) mass is 202 g/mol. The molecule has 0 aliphatic rings. The number of aryl methyl sites for hydroxylation is 1. The summed E-state index contributed by atoms with van der Waals surface area (Å²) in [7, 11) is 0. The van der Waals surface area contributed by atoms with E-state index in [1.165, 1.54) is 0 Å². The number of hydrogen-bond donors (Lipinski definition) is 1. The summed E-state index contributed by atoms with van der Waals surface area (Å²) in [6, 6.07) is 8.35. The van der Waals surface area contributed by atoms with Crippen LogP contribution in [-0.2, 0) is 0 Å². The van der Waals surface area contributed by atoms with Crippen LogP contribution in [0.2, 0.25) is 0 Å². The minimum absolute atomic E-state index is 0.208. The van der Waals surface area contributed by atoms with Crippen LogP contribution in [-0.4, -0.2) is 21.2 Å². The molecule has 2 aromatic rings. The second-order valence-electron chi connectivity index (χ2n) is 3.26. The number of rotatable bonds is 2. The van der Waals surface area contributed by atoms with Gasteiger partial charge in [-0.15, -0.1) is 0 Å². The fraction of sp³-hybridized carbons (Fsp3) is 0.0909. The van der Waals surface area contributed by atoms with E-state index in [4.69, 9.17) is 5.11 Å². The van der Waals surface area contributed by atoms with E-state index in [0.717, 1.165) is 11.4 Å². The van der Waals surface area contributed by atoms with Gasteiger partial charge in [0.1, 0.15) is 11.4 Å². The number of nitrogens with zero attached hydrogens (tertiary/aromatic N) is 2. The van der Waals surface area contributed by atoms with Crippen LogP contribution in [0.5, 0.6) is 5.75 Å². The first kappa shape index (κ1) is 9.45. The smallest absolute Gasteiger partial charge is 0.170 e. The van der Waals surface area contributed by atoms with E-state index in [-0.39, 0.29) is 5.75 Å². The van der Waals surface area contributed by atoms with Crippen LogP contribution in [0.15, 0.2) is 30.3 Å². The number of aromatic hydroxyl groups is 1. The Balaban J connectivity index is 2.48. The molecule has 0 saturated heterocycles. The average Bonchev–Trinajstić information content (AvgIpc) is 2.61. The highest BCUT2D eigenvalue weighted by Gasteiger charge is 2.04. The highest BCUT2D eigenvalue weighted by atomic mass is 16.3. The SMILES string of the molecule is Cc1cc(C=O)nn1-c1ccc(O)cc1. The fourth-order valence-electron chi connectivity index (χ4n) is 1.41. The van der Waals surface area contributed by atoms with Crippen LogP contribution in [0.4, 0.5) is 0 Å². The summed E-state index contributed by atoms with van der Waals surface area (Å²) in [6.45, 7) is 1.87. The molecule has 4 heteroatoms. The van der Waals surface area contributed by atoms with Gasteiger partial charge in [-0.2, -0.15) is 5.10 Å². The molecule has 0 spiro atoms. The predicted molar refractivity (Wildman–Crippen MR) is 55.4 cm³/mol. The zero-order valence-corrected chi connectivity index (χ0v) is 8.21. The van der Waals surface area contributed by atoms with Crippen molar-refractivity contribution in [3.05, 3.63) is 41.7 Å². The molecule has 1 N–H and O–H groups in total. The third kappa shape index (κ3) is 1.74. The van der Waals surface area contributed by atoms with Gasteiger partial charge in [-0.1, -0.05) is 0 Å². The number of phenolic OH excluding ortho intramolecular Hbond substituents is 1. The van der Waals surface area contributed by atoms with Crippen molar-refractivity contribution in [2.24, 2.45) is 0 Å². The van der Waals surface area contributed by atoms with Crippen molar-refractivity contribution in [1.82, 2.24) is 9.78 Å². The Morgan fingerprint density at radius 2 is 2.00 bits per heavy atom. The summed E-state index contributed by atoms with van der Waals surface area (Å²) in [4.78, 5) is 10.5. The van der Waals surface area contributed by atoms with Crippen molar-refractivity contribution in [3.8, 4) is 11.4 Å². The van der Waals surface area contributed by atoms with Crippen molar-refractivity contribution in [2.75, 3.05) is 0 Å². The Morgan fingerprint density at radius 3 is 2.53 bits per heavy atom. The summed E-state index contributed by atoms with van der Waals surface area (Å²) in [5.74, 6) is 0.208. The quantitative estimate of drug-likeness (QED) is 0.754. The molecule has 0 aliphatic heterocycles. The lowest BCUT2D eigenvalue weighted by Gasteiger charge is -2.03. The van der Waals surface area contributed by atoms with Crippen LogP contribution in [0.1, 0.15) is 16.2 Å². The molecule has 0 unspecified atom stereocenters. The van der Waals surface area contributed by atoms with Crippen molar-refractivity contribution >= 4 is 6.29 Å². The minimum atomic E-state index is 0.208. The molecule has 1 heterocycles. The molecule has 2 rings (SSSR count). The van der Waals surface area contributed by atoms with E-state index in [9.17, 15) is 4.79 Å². The lowest BCUT2D eigenvalue weighted by Crippen LogP contribution is -1.98. The molecule has 0 amide bonds. The molecule has 1 aromatic heterocycles. The Labute approximate surface area is 86.8 Å². The number of carbonyl (C=O) groups is 1. The number of aromatic nitrogens is 2. The zero-order chi connectivity index (χ0) is 10.8. The van der Waals surface area contributed by atoms with Crippen LogP contribution < -0.4 is 0 Å². The molecular formula is C11H10N2O2. The van der Waals surface area contributed by atoms with Crippen LogP contribution in [0, 0.1) is 6.92 Å². The number of phenols is 1. The second kappa shape index (κ2) is 3.57. The Kier molecular flexibility index (Phi) is 2.25. The molecule has 4 nitrogen and oxygen atoms in total. The summed E-state index contributed by atoms with van der Waals surface area (Å²) >= 11 is 0. The number of hydrogen-bond acceptors (Lipinski definition) is 3. The average molecular weight is 202 g/mol. The van der Waals surface area contributed by atoms with E-state index in [1.54, 1.807) is 35.0 Å². The highest BCUT2D eigenvalue weighted by Crippen LogP contribution is 2.15. The zero-order valence-electron chi connectivity index (χ0n) is 8.21. The molecule has 0 bridgehead atoms. The van der Waals surface area contributed by atoms with E-state index >= 15 is 0 Å². The molecule has 76 valence electrons. The maximum atomic E-state index is 10.5. The van der Waals surface area contributed by atoms with Gasteiger partial charge in [0.2, 0.25) is 0 Å². The van der Waals surface area contributed by atoms with Gasteiger partial charge in [-0.25, -0.2) is 4.68 Å². The number of benzene rings is 1. The largest absolute Gasteiger partial charge is 0.508 e. The lowest BCUT2D eigenvalue weighted by atomic mass is 10.3. The van der Waals surface area contributed by atoms with E-state index in [1.807, 2.05) is 6.92 Å². The standard InChI is InChI=1S/C11H10N2O2/c1-8-6-9(7-14)12-13(8)10-2-4-11(15)5-3-10/h2-7,15H,1H3. The van der Waals surface area contributed by atoms with Gasteiger partial charge in [0.15, 0.2) is 6.29 Å².